The van der Waals surface area contributed by atoms with Gasteiger partial charge in [0, 0.05) is 23.8 Å². The van der Waals surface area contributed by atoms with Gasteiger partial charge >= 0.3 is 0 Å². The SMILES string of the molecule is CC1NC(C)(C)C(=O)N(CC(=O)Nc2ccc3c(c2)CC2(C3)C(=O)NC3=C2C=CCN3)C1c1ccccc1. The van der Waals surface area contributed by atoms with E-state index in [4.69, 9.17) is 0 Å². The second kappa shape index (κ2) is 8.84. The van der Waals surface area contributed by atoms with Crippen LogP contribution >= 0.6 is 0 Å². The molecule has 4 aliphatic rings. The lowest BCUT2D eigenvalue weighted by Crippen LogP contribution is -2.66. The van der Waals surface area contributed by atoms with E-state index in [0.717, 1.165) is 28.1 Å². The third-order valence-corrected chi connectivity index (χ3v) is 8.26. The number of fused-ring (bicyclic) bond motifs is 2. The Morgan fingerprint density at radius 3 is 2.63 bits per heavy atom. The number of carbonyl (C=O) groups excluding carboxylic acids is 3. The van der Waals surface area contributed by atoms with E-state index in [1.807, 2.05) is 75.4 Å². The van der Waals surface area contributed by atoms with Crippen LogP contribution in [0, 0.1) is 5.41 Å². The number of benzene rings is 2. The van der Waals surface area contributed by atoms with Gasteiger partial charge in [0.15, 0.2) is 0 Å². The minimum absolute atomic E-state index is 0.0178. The fourth-order valence-electron chi connectivity index (χ4n) is 6.60. The lowest BCUT2D eigenvalue weighted by Gasteiger charge is -2.47. The summed E-state index contributed by atoms with van der Waals surface area (Å²) < 4.78 is 0. The first-order valence-electron chi connectivity index (χ1n) is 13.2. The Balaban J connectivity index is 1.21. The standard InChI is InChI=1S/C30H33N5O3/c1-18-25(19-8-5-4-6-9-19)35(28(38)29(2,3)34-18)17-24(36)32-22-12-11-20-15-30(16-21(20)14-22)23-10-7-13-31-26(23)33-27(30)37/h4-12,14,18,25,31,34H,13,15-17H2,1-3H3,(H,32,36)(H,33,37). The Bertz CT molecular complexity index is 1400. The molecule has 0 aromatic heterocycles. The summed E-state index contributed by atoms with van der Waals surface area (Å²) in [7, 11) is 0. The summed E-state index contributed by atoms with van der Waals surface area (Å²) in [5, 5.41) is 12.7. The fraction of sp³-hybridized carbons (Fsp3) is 0.367. The zero-order valence-electron chi connectivity index (χ0n) is 21.9. The normalized spacial score (nSPS) is 27.2. The van der Waals surface area contributed by atoms with Crippen molar-refractivity contribution in [1.82, 2.24) is 20.9 Å². The Kier molecular flexibility index (Phi) is 5.68. The first kappa shape index (κ1) is 24.4. The van der Waals surface area contributed by atoms with Crippen molar-refractivity contribution < 1.29 is 14.4 Å². The highest BCUT2D eigenvalue weighted by atomic mass is 16.2. The lowest BCUT2D eigenvalue weighted by molar-refractivity contribution is -0.148. The Labute approximate surface area is 222 Å². The molecule has 4 N–H and O–H groups in total. The van der Waals surface area contributed by atoms with Crippen molar-refractivity contribution >= 4 is 23.4 Å². The van der Waals surface area contributed by atoms with Crippen molar-refractivity contribution in [3.63, 3.8) is 0 Å². The first-order chi connectivity index (χ1) is 18.2. The number of nitrogens with zero attached hydrogens (tertiary/aromatic N) is 1. The molecule has 1 aliphatic carbocycles. The number of amides is 3. The van der Waals surface area contributed by atoms with Gasteiger partial charge in [0.05, 0.1) is 17.0 Å². The van der Waals surface area contributed by atoms with Crippen molar-refractivity contribution in [2.24, 2.45) is 5.41 Å². The summed E-state index contributed by atoms with van der Waals surface area (Å²) in [5.74, 6) is 0.467. The van der Waals surface area contributed by atoms with E-state index in [2.05, 4.69) is 27.3 Å². The van der Waals surface area contributed by atoms with E-state index in [1.54, 1.807) is 4.90 Å². The molecule has 3 aliphatic heterocycles. The van der Waals surface area contributed by atoms with Gasteiger partial charge in [-0.3, -0.25) is 19.7 Å². The molecule has 6 rings (SSSR count). The molecule has 1 saturated heterocycles. The number of anilines is 1. The highest BCUT2D eigenvalue weighted by molar-refractivity contribution is 5.97. The fourth-order valence-corrected chi connectivity index (χ4v) is 6.60. The van der Waals surface area contributed by atoms with Crippen molar-refractivity contribution in [2.75, 3.05) is 18.4 Å². The van der Waals surface area contributed by atoms with Crippen molar-refractivity contribution in [3.8, 4) is 0 Å². The molecule has 3 atom stereocenters. The highest BCUT2D eigenvalue weighted by Gasteiger charge is 2.52. The Morgan fingerprint density at radius 1 is 1.08 bits per heavy atom. The minimum Gasteiger partial charge on any atom is -0.368 e. The number of carbonyl (C=O) groups is 3. The van der Waals surface area contributed by atoms with Crippen molar-refractivity contribution in [2.45, 2.75) is 51.2 Å². The van der Waals surface area contributed by atoms with Crippen LogP contribution in [-0.2, 0) is 27.2 Å². The van der Waals surface area contributed by atoms with Crippen LogP contribution in [0.5, 0.6) is 0 Å². The van der Waals surface area contributed by atoms with Crippen molar-refractivity contribution in [3.05, 3.63) is 88.8 Å². The zero-order chi connectivity index (χ0) is 26.7. The maximum absolute atomic E-state index is 13.4. The molecule has 0 saturated carbocycles. The average molecular weight is 512 g/mol. The number of nitrogens with one attached hydrogen (secondary N) is 4. The molecular formula is C30H33N5O3. The maximum atomic E-state index is 13.4. The summed E-state index contributed by atoms with van der Waals surface area (Å²) >= 11 is 0. The number of piperazine rings is 1. The molecule has 3 unspecified atom stereocenters. The van der Waals surface area contributed by atoms with Crippen LogP contribution in [0.1, 0.15) is 43.5 Å². The highest BCUT2D eigenvalue weighted by Crippen LogP contribution is 2.48. The number of dihydropyridines is 1. The molecule has 2 aromatic carbocycles. The van der Waals surface area contributed by atoms with Gasteiger partial charge in [-0.25, -0.2) is 0 Å². The molecule has 38 heavy (non-hydrogen) atoms. The first-order valence-corrected chi connectivity index (χ1v) is 13.2. The quantitative estimate of drug-likeness (QED) is 0.505. The van der Waals surface area contributed by atoms with Gasteiger partial charge in [0.25, 0.3) is 0 Å². The Morgan fingerprint density at radius 2 is 1.84 bits per heavy atom. The molecular weight excluding hydrogens is 478 g/mol. The predicted molar refractivity (Wildman–Crippen MR) is 145 cm³/mol. The van der Waals surface area contributed by atoms with Gasteiger partial charge in [-0.15, -0.1) is 0 Å². The van der Waals surface area contributed by atoms with E-state index in [1.165, 1.54) is 0 Å². The summed E-state index contributed by atoms with van der Waals surface area (Å²) in [6, 6.07) is 15.4. The zero-order valence-corrected chi connectivity index (χ0v) is 21.9. The maximum Gasteiger partial charge on any atom is 0.244 e. The van der Waals surface area contributed by atoms with E-state index in [9.17, 15) is 14.4 Å². The monoisotopic (exact) mass is 511 g/mol. The van der Waals surface area contributed by atoms with Gasteiger partial charge in [0.1, 0.15) is 12.4 Å². The summed E-state index contributed by atoms with van der Waals surface area (Å²) in [6.07, 6.45) is 5.31. The largest absolute Gasteiger partial charge is 0.368 e. The second-order valence-electron chi connectivity index (χ2n) is 11.3. The van der Waals surface area contributed by atoms with Gasteiger partial charge in [-0.2, -0.15) is 0 Å². The Hall–Kier alpha value is -3.91. The van der Waals surface area contributed by atoms with E-state index >= 15 is 0 Å². The van der Waals surface area contributed by atoms with E-state index < -0.39 is 11.0 Å². The topological polar surface area (TPSA) is 103 Å². The summed E-state index contributed by atoms with van der Waals surface area (Å²) in [5.41, 5.74) is 3.45. The van der Waals surface area contributed by atoms with Gasteiger partial charge in [-0.05, 0) is 62.4 Å². The molecule has 1 spiro atoms. The third-order valence-electron chi connectivity index (χ3n) is 8.26. The van der Waals surface area contributed by atoms with Crippen LogP contribution < -0.4 is 21.3 Å². The van der Waals surface area contributed by atoms with Gasteiger partial charge in [0.2, 0.25) is 17.7 Å². The molecule has 8 heteroatoms. The van der Waals surface area contributed by atoms with Gasteiger partial charge in [-0.1, -0.05) is 48.6 Å². The minimum atomic E-state index is -0.773. The van der Waals surface area contributed by atoms with Crippen molar-refractivity contribution in [1.29, 1.82) is 0 Å². The number of hydrogen-bond donors (Lipinski definition) is 4. The number of hydrogen-bond acceptors (Lipinski definition) is 5. The number of allylic oxidation sites excluding steroid dienone is 1. The molecule has 3 amide bonds. The van der Waals surface area contributed by atoms with Crippen LogP contribution in [-0.4, -0.2) is 47.3 Å². The van der Waals surface area contributed by atoms with Crippen LogP contribution in [0.25, 0.3) is 0 Å². The lowest BCUT2D eigenvalue weighted by atomic mass is 9.78. The molecule has 2 aromatic rings. The molecule has 0 radical (unpaired) electrons. The molecule has 3 heterocycles. The van der Waals surface area contributed by atoms with Gasteiger partial charge < -0.3 is 20.9 Å². The molecule has 0 bridgehead atoms. The summed E-state index contributed by atoms with van der Waals surface area (Å²) in [4.78, 5) is 41.5. The van der Waals surface area contributed by atoms with E-state index in [0.29, 0.717) is 25.1 Å². The number of rotatable bonds is 4. The molecule has 1 fully saturated rings. The second-order valence-corrected chi connectivity index (χ2v) is 11.3. The predicted octanol–water partition coefficient (Wildman–Crippen LogP) is 2.55. The van der Waals surface area contributed by atoms with Crippen LogP contribution in [0.15, 0.2) is 72.1 Å². The smallest absolute Gasteiger partial charge is 0.244 e. The van der Waals surface area contributed by atoms with Crippen LogP contribution in [0.3, 0.4) is 0 Å². The van der Waals surface area contributed by atoms with Crippen LogP contribution in [0.2, 0.25) is 0 Å². The van der Waals surface area contributed by atoms with Crippen LogP contribution in [0.4, 0.5) is 5.69 Å². The van der Waals surface area contributed by atoms with E-state index in [-0.39, 0.29) is 36.3 Å². The average Bonchev–Trinajstić information content (AvgIpc) is 3.40. The summed E-state index contributed by atoms with van der Waals surface area (Å²) in [6.45, 7) is 6.40. The molecule has 8 nitrogen and oxygen atoms in total. The molecule has 196 valence electrons. The third kappa shape index (κ3) is 3.91.